The van der Waals surface area contributed by atoms with Gasteiger partial charge in [0, 0.05) is 17.5 Å². The Morgan fingerprint density at radius 1 is 1.07 bits per heavy atom. The highest BCUT2D eigenvalue weighted by molar-refractivity contribution is 6.02. The highest BCUT2D eigenvalue weighted by Crippen LogP contribution is 2.37. The molecule has 2 rings (SSSR count). The zero-order valence-corrected chi connectivity index (χ0v) is 18.4. The van der Waals surface area contributed by atoms with Crippen molar-refractivity contribution < 1.29 is 28.6 Å². The van der Waals surface area contributed by atoms with E-state index in [4.69, 9.17) is 14.2 Å². The fourth-order valence-corrected chi connectivity index (χ4v) is 3.61. The highest BCUT2D eigenvalue weighted by atomic mass is 16.6. The smallest absolute Gasteiger partial charge is 0.419 e. The van der Waals surface area contributed by atoms with Gasteiger partial charge in [-0.3, -0.25) is 9.59 Å². The fourth-order valence-electron chi connectivity index (χ4n) is 3.61. The number of ether oxygens (including phenoxy) is 3. The molecule has 2 aromatic rings. The summed E-state index contributed by atoms with van der Waals surface area (Å²) in [6.07, 6.45) is 0.960. The van der Waals surface area contributed by atoms with Gasteiger partial charge in [-0.05, 0) is 45.7 Å². The molecule has 0 atom stereocenters. The normalized spacial score (nSPS) is 11.8. The second-order valence-electron chi connectivity index (χ2n) is 8.13. The van der Waals surface area contributed by atoms with Crippen molar-refractivity contribution in [3.63, 3.8) is 0 Å². The Morgan fingerprint density at radius 2 is 1.63 bits per heavy atom. The third kappa shape index (κ3) is 4.25. The number of esters is 2. The Balaban J connectivity index is 2.73. The van der Waals surface area contributed by atoms with Gasteiger partial charge < -0.3 is 14.2 Å². The Bertz CT molecular complexity index is 963. The van der Waals surface area contributed by atoms with Crippen molar-refractivity contribution in [1.29, 1.82) is 0 Å². The molecule has 1 aromatic carbocycles. The molecule has 0 N–H and O–H groups in total. The average Bonchev–Trinajstić information content (AvgIpc) is 2.96. The first-order valence-electron chi connectivity index (χ1n) is 9.62. The van der Waals surface area contributed by atoms with Crippen LogP contribution in [0.4, 0.5) is 4.79 Å². The molecule has 0 unspecified atom stereocenters. The van der Waals surface area contributed by atoms with Crippen LogP contribution in [-0.4, -0.2) is 42.4 Å². The zero-order chi connectivity index (χ0) is 22.7. The Kier molecular flexibility index (Phi) is 6.75. The Labute approximate surface area is 176 Å². The first kappa shape index (κ1) is 23.2. The maximum atomic E-state index is 12.9. The van der Waals surface area contributed by atoms with Crippen molar-refractivity contribution >= 4 is 28.9 Å². The number of nitrogens with zero attached hydrogens (tertiary/aromatic N) is 1. The number of allylic oxidation sites excluding steroid dienone is 1. The zero-order valence-electron chi connectivity index (χ0n) is 18.4. The van der Waals surface area contributed by atoms with E-state index in [1.807, 2.05) is 18.2 Å². The summed E-state index contributed by atoms with van der Waals surface area (Å²) in [4.78, 5) is 38.4. The lowest BCUT2D eigenvalue weighted by Crippen LogP contribution is -2.43. The quantitative estimate of drug-likeness (QED) is 0.305. The molecule has 162 valence electrons. The van der Waals surface area contributed by atoms with Crippen LogP contribution in [0.3, 0.4) is 0 Å². The lowest BCUT2D eigenvalue weighted by Gasteiger charge is -2.27. The molecule has 0 aliphatic rings. The summed E-state index contributed by atoms with van der Waals surface area (Å²) in [5, 5.41) is 0.738. The molecule has 0 saturated heterocycles. The number of carbonyl (C=O) groups excluding carboxylic acids is 3. The Morgan fingerprint density at radius 3 is 2.13 bits per heavy atom. The van der Waals surface area contributed by atoms with Gasteiger partial charge in [0.1, 0.15) is 5.60 Å². The van der Waals surface area contributed by atoms with Gasteiger partial charge in [0.05, 0.1) is 19.7 Å². The molecule has 0 fully saturated rings. The van der Waals surface area contributed by atoms with Gasteiger partial charge in [0.2, 0.25) is 0 Å². The van der Waals surface area contributed by atoms with E-state index in [9.17, 15) is 14.4 Å². The monoisotopic (exact) mass is 415 g/mol. The van der Waals surface area contributed by atoms with E-state index in [-0.39, 0.29) is 12.8 Å². The fraction of sp³-hybridized carbons (Fsp3) is 0.435. The summed E-state index contributed by atoms with van der Waals surface area (Å²) in [5.41, 5.74) is -0.430. The second kappa shape index (κ2) is 8.73. The van der Waals surface area contributed by atoms with Crippen molar-refractivity contribution in [2.24, 2.45) is 5.41 Å². The van der Waals surface area contributed by atoms with E-state index >= 15 is 0 Å². The highest BCUT2D eigenvalue weighted by Gasteiger charge is 2.48. The number of aromatic nitrogens is 1. The molecule has 0 bridgehead atoms. The van der Waals surface area contributed by atoms with E-state index < -0.39 is 29.0 Å². The van der Waals surface area contributed by atoms with Gasteiger partial charge in [-0.2, -0.15) is 0 Å². The molecule has 0 saturated carbocycles. The average molecular weight is 415 g/mol. The predicted octanol–water partition coefficient (Wildman–Crippen LogP) is 4.18. The molecule has 7 nitrogen and oxygen atoms in total. The van der Waals surface area contributed by atoms with Gasteiger partial charge in [-0.15, -0.1) is 6.58 Å². The van der Waals surface area contributed by atoms with Crippen LogP contribution in [0.5, 0.6) is 0 Å². The van der Waals surface area contributed by atoms with Crippen LogP contribution in [0, 0.1) is 12.3 Å². The number of para-hydroxylation sites is 1. The van der Waals surface area contributed by atoms with Crippen molar-refractivity contribution in [3.8, 4) is 0 Å². The van der Waals surface area contributed by atoms with Crippen LogP contribution < -0.4 is 0 Å². The molecule has 1 aromatic heterocycles. The molecular formula is C23H29NO6. The van der Waals surface area contributed by atoms with Crippen molar-refractivity contribution in [2.45, 2.75) is 46.1 Å². The van der Waals surface area contributed by atoms with Crippen LogP contribution in [0.15, 0.2) is 36.9 Å². The summed E-state index contributed by atoms with van der Waals surface area (Å²) >= 11 is 0. The minimum Gasteiger partial charge on any atom is -0.468 e. The summed E-state index contributed by atoms with van der Waals surface area (Å²) in [6, 6.07) is 7.27. The molecule has 0 aliphatic carbocycles. The number of hydrogen-bond donors (Lipinski definition) is 0. The second-order valence-corrected chi connectivity index (χ2v) is 8.13. The maximum absolute atomic E-state index is 12.9. The van der Waals surface area contributed by atoms with Crippen LogP contribution in [-0.2, 0) is 30.2 Å². The molecule has 30 heavy (non-hydrogen) atoms. The molecule has 0 aliphatic heterocycles. The lowest BCUT2D eigenvalue weighted by atomic mass is 9.78. The van der Waals surface area contributed by atoms with Crippen molar-refractivity contribution in [3.05, 3.63) is 48.2 Å². The van der Waals surface area contributed by atoms with Crippen LogP contribution >= 0.6 is 0 Å². The molecule has 0 amide bonds. The lowest BCUT2D eigenvalue weighted by molar-refractivity contribution is -0.168. The largest absolute Gasteiger partial charge is 0.468 e. The molecule has 0 radical (unpaired) electrons. The van der Waals surface area contributed by atoms with Gasteiger partial charge in [-0.1, -0.05) is 24.3 Å². The first-order valence-corrected chi connectivity index (χ1v) is 9.62. The molecule has 1 heterocycles. The van der Waals surface area contributed by atoms with E-state index in [0.29, 0.717) is 16.8 Å². The van der Waals surface area contributed by atoms with E-state index in [0.717, 1.165) is 5.39 Å². The SMILES string of the molecule is C=CCC(Cc1c(C)n(C(=O)OC(C)(C)C)c2ccccc12)(C(=O)OC)C(=O)OC. The maximum Gasteiger partial charge on any atom is 0.419 e. The minimum absolute atomic E-state index is 0.0134. The summed E-state index contributed by atoms with van der Waals surface area (Å²) in [6.45, 7) is 10.8. The first-order chi connectivity index (χ1) is 14.0. The summed E-state index contributed by atoms with van der Waals surface area (Å²) in [7, 11) is 2.44. The van der Waals surface area contributed by atoms with Gasteiger partial charge >= 0.3 is 18.0 Å². The summed E-state index contributed by atoms with van der Waals surface area (Å²) < 4.78 is 16.9. The predicted molar refractivity (Wildman–Crippen MR) is 113 cm³/mol. The number of carbonyl (C=O) groups is 3. The van der Waals surface area contributed by atoms with E-state index in [1.165, 1.54) is 24.9 Å². The van der Waals surface area contributed by atoms with Gasteiger partial charge in [-0.25, -0.2) is 9.36 Å². The van der Waals surface area contributed by atoms with Crippen molar-refractivity contribution in [2.75, 3.05) is 14.2 Å². The topological polar surface area (TPSA) is 83.8 Å². The van der Waals surface area contributed by atoms with E-state index in [1.54, 1.807) is 33.8 Å². The number of methoxy groups -OCH3 is 2. The third-order valence-electron chi connectivity index (χ3n) is 4.94. The van der Waals surface area contributed by atoms with E-state index in [2.05, 4.69) is 6.58 Å². The Hall–Kier alpha value is -3.09. The van der Waals surface area contributed by atoms with Gasteiger partial charge in [0.15, 0.2) is 5.41 Å². The van der Waals surface area contributed by atoms with Crippen molar-refractivity contribution in [1.82, 2.24) is 4.57 Å². The van der Waals surface area contributed by atoms with Crippen LogP contribution in [0.1, 0.15) is 38.4 Å². The third-order valence-corrected chi connectivity index (χ3v) is 4.94. The standard InChI is InChI=1S/C23H29NO6/c1-8-13-23(19(25)28-6,20(26)29-7)14-17-15(2)24(21(27)30-22(3,4)5)18-12-10-9-11-16(17)18/h8-12H,1,13-14H2,2-7H3. The van der Waals surface area contributed by atoms with Crippen LogP contribution in [0.25, 0.3) is 10.9 Å². The van der Waals surface area contributed by atoms with Gasteiger partial charge in [0.25, 0.3) is 0 Å². The van der Waals surface area contributed by atoms with Crippen LogP contribution in [0.2, 0.25) is 0 Å². The molecule has 7 heteroatoms. The number of benzene rings is 1. The minimum atomic E-state index is -1.61. The number of fused-ring (bicyclic) bond motifs is 1. The number of hydrogen-bond acceptors (Lipinski definition) is 6. The summed E-state index contributed by atoms with van der Waals surface area (Å²) in [5.74, 6) is -1.44. The molecular weight excluding hydrogens is 386 g/mol. The molecule has 0 spiro atoms. The number of rotatable bonds is 6.